The number of anilines is 1. The summed E-state index contributed by atoms with van der Waals surface area (Å²) >= 11 is 0. The standard InChI is InChI=1S/C24H19NO5/c1-28-17-12-16(13-18(14-17)29-2)25-23(26)22-21(15-8-4-3-5-9-15)19-10-6-7-11-20(19)24(27)30-22/h3-14H,1-2H3,(H,25,26). The molecule has 1 aromatic heterocycles. The van der Waals surface area contributed by atoms with E-state index in [2.05, 4.69) is 5.32 Å². The number of ether oxygens (including phenoxy) is 2. The van der Waals surface area contributed by atoms with Crippen LogP contribution in [0.15, 0.2) is 82.0 Å². The van der Waals surface area contributed by atoms with E-state index in [9.17, 15) is 9.59 Å². The third kappa shape index (κ3) is 3.63. The van der Waals surface area contributed by atoms with Gasteiger partial charge in [-0.15, -0.1) is 0 Å². The van der Waals surface area contributed by atoms with Gasteiger partial charge in [0.2, 0.25) is 5.76 Å². The summed E-state index contributed by atoms with van der Waals surface area (Å²) in [7, 11) is 3.05. The zero-order chi connectivity index (χ0) is 21.1. The van der Waals surface area contributed by atoms with Crippen molar-refractivity contribution in [3.05, 3.63) is 89.0 Å². The van der Waals surface area contributed by atoms with Crippen LogP contribution in [-0.2, 0) is 0 Å². The van der Waals surface area contributed by atoms with Crippen molar-refractivity contribution in [2.24, 2.45) is 0 Å². The lowest BCUT2D eigenvalue weighted by Gasteiger charge is -2.13. The number of amides is 1. The molecule has 0 bridgehead atoms. The summed E-state index contributed by atoms with van der Waals surface area (Å²) in [4.78, 5) is 25.7. The van der Waals surface area contributed by atoms with Gasteiger partial charge in [0.1, 0.15) is 11.5 Å². The molecule has 1 heterocycles. The summed E-state index contributed by atoms with van der Waals surface area (Å²) in [5, 5.41) is 3.84. The summed E-state index contributed by atoms with van der Waals surface area (Å²) < 4.78 is 16.0. The van der Waals surface area contributed by atoms with Crippen molar-refractivity contribution in [3.63, 3.8) is 0 Å². The van der Waals surface area contributed by atoms with Gasteiger partial charge in [-0.1, -0.05) is 48.5 Å². The van der Waals surface area contributed by atoms with Crippen LogP contribution in [0, 0.1) is 0 Å². The van der Waals surface area contributed by atoms with Gasteiger partial charge in [-0.05, 0) is 11.6 Å². The van der Waals surface area contributed by atoms with E-state index in [1.807, 2.05) is 36.4 Å². The fourth-order valence-corrected chi connectivity index (χ4v) is 3.32. The fourth-order valence-electron chi connectivity index (χ4n) is 3.32. The number of rotatable bonds is 5. The summed E-state index contributed by atoms with van der Waals surface area (Å²) in [6.45, 7) is 0. The quantitative estimate of drug-likeness (QED) is 0.523. The Bertz CT molecular complexity index is 1260. The Morgan fingerprint density at radius 1 is 0.833 bits per heavy atom. The molecule has 6 nitrogen and oxygen atoms in total. The van der Waals surface area contributed by atoms with Gasteiger partial charge in [0.15, 0.2) is 0 Å². The number of fused-ring (bicyclic) bond motifs is 1. The molecular formula is C24H19NO5. The SMILES string of the molecule is COc1cc(NC(=O)c2oc(=O)c3ccccc3c2-c2ccccc2)cc(OC)c1. The monoisotopic (exact) mass is 401 g/mol. The second kappa shape index (κ2) is 8.13. The Morgan fingerprint density at radius 3 is 2.07 bits per heavy atom. The molecule has 4 rings (SSSR count). The van der Waals surface area contributed by atoms with Crippen molar-refractivity contribution in [3.8, 4) is 22.6 Å². The highest BCUT2D eigenvalue weighted by Crippen LogP contribution is 2.32. The van der Waals surface area contributed by atoms with E-state index in [1.54, 1.807) is 36.4 Å². The van der Waals surface area contributed by atoms with Gasteiger partial charge in [0, 0.05) is 34.8 Å². The molecule has 30 heavy (non-hydrogen) atoms. The molecule has 150 valence electrons. The molecule has 0 saturated heterocycles. The summed E-state index contributed by atoms with van der Waals surface area (Å²) in [6.07, 6.45) is 0. The minimum absolute atomic E-state index is 0.0633. The highest BCUT2D eigenvalue weighted by molar-refractivity contribution is 6.11. The van der Waals surface area contributed by atoms with Crippen molar-refractivity contribution in [1.29, 1.82) is 0 Å². The lowest BCUT2D eigenvalue weighted by molar-refractivity contribution is 0.0994. The lowest BCUT2D eigenvalue weighted by Crippen LogP contribution is -2.17. The van der Waals surface area contributed by atoms with E-state index in [0.717, 1.165) is 5.56 Å². The largest absolute Gasteiger partial charge is 0.497 e. The molecule has 4 aromatic rings. The maximum absolute atomic E-state index is 13.2. The molecule has 3 aromatic carbocycles. The maximum atomic E-state index is 13.2. The zero-order valence-corrected chi connectivity index (χ0v) is 16.5. The second-order valence-corrected chi connectivity index (χ2v) is 6.56. The minimum Gasteiger partial charge on any atom is -0.497 e. The lowest BCUT2D eigenvalue weighted by atomic mass is 9.98. The topological polar surface area (TPSA) is 77.8 Å². The Morgan fingerprint density at radius 2 is 1.43 bits per heavy atom. The summed E-state index contributed by atoms with van der Waals surface area (Å²) in [6, 6.07) is 21.4. The summed E-state index contributed by atoms with van der Waals surface area (Å²) in [5.74, 6) is 0.430. The van der Waals surface area contributed by atoms with Crippen LogP contribution in [0.25, 0.3) is 21.9 Å². The highest BCUT2D eigenvalue weighted by atomic mass is 16.5. The highest BCUT2D eigenvalue weighted by Gasteiger charge is 2.21. The molecule has 0 atom stereocenters. The van der Waals surface area contributed by atoms with Crippen LogP contribution < -0.4 is 20.4 Å². The number of hydrogen-bond acceptors (Lipinski definition) is 5. The molecule has 0 saturated carbocycles. The predicted octanol–water partition coefficient (Wildman–Crippen LogP) is 4.73. The van der Waals surface area contributed by atoms with Crippen LogP contribution in [0.4, 0.5) is 5.69 Å². The molecular weight excluding hydrogens is 382 g/mol. The number of hydrogen-bond donors (Lipinski definition) is 1. The van der Waals surface area contributed by atoms with E-state index in [1.165, 1.54) is 14.2 Å². The van der Waals surface area contributed by atoms with Crippen LogP contribution in [0.1, 0.15) is 10.6 Å². The Kier molecular flexibility index (Phi) is 5.22. The number of benzene rings is 3. The van der Waals surface area contributed by atoms with E-state index in [4.69, 9.17) is 13.9 Å². The molecule has 1 amide bonds. The Hall–Kier alpha value is -4.06. The van der Waals surface area contributed by atoms with E-state index >= 15 is 0 Å². The van der Waals surface area contributed by atoms with Crippen LogP contribution in [0.2, 0.25) is 0 Å². The smallest absolute Gasteiger partial charge is 0.344 e. The summed E-state index contributed by atoms with van der Waals surface area (Å²) in [5.41, 5.74) is 1.20. The van der Waals surface area contributed by atoms with Crippen LogP contribution >= 0.6 is 0 Å². The van der Waals surface area contributed by atoms with Gasteiger partial charge in [0.25, 0.3) is 5.91 Å². The molecule has 0 aliphatic carbocycles. The van der Waals surface area contributed by atoms with Crippen LogP contribution in [0.5, 0.6) is 11.5 Å². The number of methoxy groups -OCH3 is 2. The van der Waals surface area contributed by atoms with E-state index in [-0.39, 0.29) is 5.76 Å². The number of carbonyl (C=O) groups excluding carboxylic acids is 1. The normalized spacial score (nSPS) is 10.6. The molecule has 0 aliphatic heterocycles. The number of nitrogens with one attached hydrogen (secondary N) is 1. The molecule has 0 fully saturated rings. The van der Waals surface area contributed by atoms with Gasteiger partial charge in [-0.3, -0.25) is 4.79 Å². The van der Waals surface area contributed by atoms with Crippen molar-refractivity contribution < 1.29 is 18.7 Å². The zero-order valence-electron chi connectivity index (χ0n) is 16.5. The average molecular weight is 401 g/mol. The van der Waals surface area contributed by atoms with Gasteiger partial charge >= 0.3 is 5.63 Å². The molecule has 0 unspecified atom stereocenters. The predicted molar refractivity (Wildman–Crippen MR) is 115 cm³/mol. The van der Waals surface area contributed by atoms with Crippen molar-refractivity contribution in [2.75, 3.05) is 19.5 Å². The third-order valence-electron chi connectivity index (χ3n) is 4.72. The first-order valence-electron chi connectivity index (χ1n) is 9.26. The maximum Gasteiger partial charge on any atom is 0.344 e. The molecule has 0 aliphatic rings. The first-order chi connectivity index (χ1) is 14.6. The minimum atomic E-state index is -0.571. The molecule has 0 radical (unpaired) electrons. The first kappa shape index (κ1) is 19.3. The van der Waals surface area contributed by atoms with E-state index in [0.29, 0.717) is 33.5 Å². The molecule has 6 heteroatoms. The van der Waals surface area contributed by atoms with Crippen LogP contribution in [-0.4, -0.2) is 20.1 Å². The Labute approximate surface area is 172 Å². The van der Waals surface area contributed by atoms with Gasteiger partial charge in [-0.2, -0.15) is 0 Å². The fraction of sp³-hybridized carbons (Fsp3) is 0.0833. The second-order valence-electron chi connectivity index (χ2n) is 6.56. The third-order valence-corrected chi connectivity index (χ3v) is 4.72. The number of carbonyl (C=O) groups is 1. The van der Waals surface area contributed by atoms with E-state index < -0.39 is 11.5 Å². The van der Waals surface area contributed by atoms with Gasteiger partial charge < -0.3 is 19.2 Å². The van der Waals surface area contributed by atoms with Crippen molar-refractivity contribution in [1.82, 2.24) is 0 Å². The van der Waals surface area contributed by atoms with Gasteiger partial charge in [0.05, 0.1) is 19.6 Å². The first-order valence-corrected chi connectivity index (χ1v) is 9.26. The molecule has 1 N–H and O–H groups in total. The average Bonchev–Trinajstić information content (AvgIpc) is 2.79. The van der Waals surface area contributed by atoms with Crippen molar-refractivity contribution in [2.45, 2.75) is 0 Å². The van der Waals surface area contributed by atoms with Crippen molar-refractivity contribution >= 4 is 22.4 Å². The molecule has 0 spiro atoms. The van der Waals surface area contributed by atoms with Crippen LogP contribution in [0.3, 0.4) is 0 Å². The van der Waals surface area contributed by atoms with Gasteiger partial charge in [-0.25, -0.2) is 4.79 Å². The Balaban J connectivity index is 1.87.